The molecule has 0 unspecified atom stereocenters. The quantitative estimate of drug-likeness (QED) is 0.722. The first-order valence-corrected chi connectivity index (χ1v) is 8.88. The Bertz CT molecular complexity index is 333. The molecule has 21 heavy (non-hydrogen) atoms. The Morgan fingerprint density at radius 1 is 1.24 bits per heavy atom. The number of carbonyl (C=O) groups excluding carboxylic acids is 1. The van der Waals surface area contributed by atoms with Gasteiger partial charge in [-0.1, -0.05) is 20.3 Å². The molecule has 0 aliphatic heterocycles. The van der Waals surface area contributed by atoms with Gasteiger partial charge in [0.2, 0.25) is 5.91 Å². The van der Waals surface area contributed by atoms with Crippen molar-refractivity contribution in [1.82, 2.24) is 10.2 Å². The molecular formula is C17H33N3O. The van der Waals surface area contributed by atoms with Crippen molar-refractivity contribution in [2.45, 2.75) is 76.8 Å². The summed E-state index contributed by atoms with van der Waals surface area (Å²) in [4.78, 5) is 14.6. The third kappa shape index (κ3) is 4.43. The molecule has 0 aromatic heterocycles. The number of hydrogen-bond donors (Lipinski definition) is 2. The number of hydrogen-bond acceptors (Lipinski definition) is 3. The van der Waals surface area contributed by atoms with Crippen molar-refractivity contribution in [3.63, 3.8) is 0 Å². The highest BCUT2D eigenvalue weighted by molar-refractivity contribution is 5.78. The molecule has 0 aromatic carbocycles. The zero-order valence-corrected chi connectivity index (χ0v) is 13.9. The van der Waals surface area contributed by atoms with Gasteiger partial charge in [0.15, 0.2) is 0 Å². The number of nitrogens with one attached hydrogen (secondary N) is 1. The largest absolute Gasteiger partial charge is 0.352 e. The molecule has 0 saturated heterocycles. The molecule has 2 fully saturated rings. The Kier molecular flexibility index (Phi) is 6.06. The standard InChI is InChI=1S/C17H33N3O/c1-3-11-20(12-16(21)19-15-5-6-15)17(13-18)9-7-14(4-2)8-10-17/h14-15H,3-13,18H2,1-2H3,(H,19,21). The van der Waals surface area contributed by atoms with Crippen molar-refractivity contribution in [3.05, 3.63) is 0 Å². The van der Waals surface area contributed by atoms with Gasteiger partial charge in [0.05, 0.1) is 6.54 Å². The van der Waals surface area contributed by atoms with Crippen LogP contribution in [0.15, 0.2) is 0 Å². The highest BCUT2D eigenvalue weighted by Gasteiger charge is 2.39. The summed E-state index contributed by atoms with van der Waals surface area (Å²) in [5, 5.41) is 3.12. The van der Waals surface area contributed by atoms with E-state index in [1.807, 2.05) is 0 Å². The van der Waals surface area contributed by atoms with Crippen LogP contribution in [0.4, 0.5) is 0 Å². The van der Waals surface area contributed by atoms with Gasteiger partial charge in [0.1, 0.15) is 0 Å². The minimum absolute atomic E-state index is 0.0581. The van der Waals surface area contributed by atoms with Crippen LogP contribution in [0.3, 0.4) is 0 Å². The number of amides is 1. The molecule has 122 valence electrons. The van der Waals surface area contributed by atoms with Crippen molar-refractivity contribution in [2.75, 3.05) is 19.6 Å². The van der Waals surface area contributed by atoms with E-state index in [0.717, 1.165) is 44.6 Å². The highest BCUT2D eigenvalue weighted by atomic mass is 16.2. The Morgan fingerprint density at radius 2 is 1.90 bits per heavy atom. The molecule has 3 N–H and O–H groups in total. The van der Waals surface area contributed by atoms with Gasteiger partial charge in [-0.3, -0.25) is 9.69 Å². The second-order valence-electron chi connectivity index (χ2n) is 7.04. The van der Waals surface area contributed by atoms with Crippen molar-refractivity contribution in [2.24, 2.45) is 11.7 Å². The molecule has 0 aromatic rings. The zero-order chi connectivity index (χ0) is 15.3. The van der Waals surface area contributed by atoms with Crippen LogP contribution in [0.5, 0.6) is 0 Å². The second-order valence-corrected chi connectivity index (χ2v) is 7.04. The molecule has 1 amide bonds. The normalized spacial score (nSPS) is 29.6. The van der Waals surface area contributed by atoms with Gasteiger partial charge in [0, 0.05) is 18.1 Å². The van der Waals surface area contributed by atoms with Crippen molar-refractivity contribution < 1.29 is 4.79 Å². The maximum absolute atomic E-state index is 12.2. The maximum atomic E-state index is 12.2. The highest BCUT2D eigenvalue weighted by Crippen LogP contribution is 2.37. The van der Waals surface area contributed by atoms with Crippen LogP contribution < -0.4 is 11.1 Å². The van der Waals surface area contributed by atoms with E-state index in [9.17, 15) is 4.79 Å². The molecule has 4 nitrogen and oxygen atoms in total. The summed E-state index contributed by atoms with van der Waals surface area (Å²) in [7, 11) is 0. The molecule has 0 atom stereocenters. The predicted octanol–water partition coefficient (Wildman–Crippen LogP) is 2.27. The van der Waals surface area contributed by atoms with E-state index < -0.39 is 0 Å². The van der Waals surface area contributed by atoms with E-state index in [0.29, 0.717) is 19.1 Å². The van der Waals surface area contributed by atoms with Crippen LogP contribution in [-0.2, 0) is 4.79 Å². The monoisotopic (exact) mass is 295 g/mol. The summed E-state index contributed by atoms with van der Waals surface area (Å²) in [6, 6.07) is 0.450. The fraction of sp³-hybridized carbons (Fsp3) is 0.941. The molecule has 0 radical (unpaired) electrons. The number of nitrogens with zero attached hydrogens (tertiary/aromatic N) is 1. The Balaban J connectivity index is 1.97. The molecule has 4 heteroatoms. The molecule has 0 bridgehead atoms. The zero-order valence-electron chi connectivity index (χ0n) is 13.9. The van der Waals surface area contributed by atoms with Crippen molar-refractivity contribution >= 4 is 5.91 Å². The third-order valence-electron chi connectivity index (χ3n) is 5.43. The molecular weight excluding hydrogens is 262 g/mol. The van der Waals surface area contributed by atoms with Gasteiger partial charge < -0.3 is 11.1 Å². The van der Waals surface area contributed by atoms with Gasteiger partial charge in [-0.05, 0) is 57.4 Å². The number of carbonyl (C=O) groups is 1. The first kappa shape index (κ1) is 16.8. The first-order valence-electron chi connectivity index (χ1n) is 8.88. The molecule has 2 aliphatic rings. The minimum atomic E-state index is 0.0581. The van der Waals surface area contributed by atoms with Crippen molar-refractivity contribution in [3.8, 4) is 0 Å². The fourth-order valence-corrected chi connectivity index (χ4v) is 3.70. The predicted molar refractivity (Wildman–Crippen MR) is 87.1 cm³/mol. The molecule has 2 rings (SSSR count). The first-order chi connectivity index (χ1) is 10.1. The maximum Gasteiger partial charge on any atom is 0.234 e. The smallest absolute Gasteiger partial charge is 0.234 e. The summed E-state index contributed by atoms with van der Waals surface area (Å²) in [6.07, 6.45) is 9.49. The summed E-state index contributed by atoms with van der Waals surface area (Å²) >= 11 is 0. The van der Waals surface area contributed by atoms with E-state index in [1.54, 1.807) is 0 Å². The molecule has 2 saturated carbocycles. The van der Waals surface area contributed by atoms with Crippen LogP contribution in [-0.4, -0.2) is 42.0 Å². The third-order valence-corrected chi connectivity index (χ3v) is 5.43. The second kappa shape index (κ2) is 7.59. The lowest BCUT2D eigenvalue weighted by atomic mass is 9.74. The lowest BCUT2D eigenvalue weighted by Gasteiger charge is -2.47. The number of nitrogens with two attached hydrogens (primary N) is 1. The van der Waals surface area contributed by atoms with Gasteiger partial charge >= 0.3 is 0 Å². The van der Waals surface area contributed by atoms with E-state index in [4.69, 9.17) is 5.73 Å². The lowest BCUT2D eigenvalue weighted by molar-refractivity contribution is -0.124. The van der Waals surface area contributed by atoms with E-state index in [1.165, 1.54) is 19.3 Å². The summed E-state index contributed by atoms with van der Waals surface area (Å²) in [5.41, 5.74) is 6.23. The molecule has 0 spiro atoms. The average Bonchev–Trinajstić information content (AvgIpc) is 3.30. The van der Waals surface area contributed by atoms with Crippen LogP contribution >= 0.6 is 0 Å². The summed E-state index contributed by atoms with van der Waals surface area (Å²) < 4.78 is 0. The van der Waals surface area contributed by atoms with E-state index in [-0.39, 0.29) is 11.4 Å². The topological polar surface area (TPSA) is 58.4 Å². The van der Waals surface area contributed by atoms with E-state index in [2.05, 4.69) is 24.1 Å². The minimum Gasteiger partial charge on any atom is -0.352 e. The van der Waals surface area contributed by atoms with Gasteiger partial charge in [-0.25, -0.2) is 0 Å². The summed E-state index contributed by atoms with van der Waals surface area (Å²) in [5.74, 6) is 1.05. The van der Waals surface area contributed by atoms with Gasteiger partial charge in [-0.15, -0.1) is 0 Å². The Hall–Kier alpha value is -0.610. The summed E-state index contributed by atoms with van der Waals surface area (Å²) in [6.45, 7) is 6.66. The lowest BCUT2D eigenvalue weighted by Crippen LogP contribution is -2.58. The van der Waals surface area contributed by atoms with Crippen LogP contribution in [0.1, 0.15) is 65.2 Å². The van der Waals surface area contributed by atoms with Crippen LogP contribution in [0.2, 0.25) is 0 Å². The fourth-order valence-electron chi connectivity index (χ4n) is 3.70. The molecule has 0 heterocycles. The van der Waals surface area contributed by atoms with Crippen LogP contribution in [0, 0.1) is 5.92 Å². The van der Waals surface area contributed by atoms with E-state index >= 15 is 0 Å². The van der Waals surface area contributed by atoms with Gasteiger partial charge in [-0.2, -0.15) is 0 Å². The van der Waals surface area contributed by atoms with Gasteiger partial charge in [0.25, 0.3) is 0 Å². The van der Waals surface area contributed by atoms with Crippen molar-refractivity contribution in [1.29, 1.82) is 0 Å². The Labute approximate surface area is 129 Å². The molecule has 2 aliphatic carbocycles. The SMILES string of the molecule is CCCN(CC(=O)NC1CC1)C1(CN)CCC(CC)CC1. The average molecular weight is 295 g/mol. The number of rotatable bonds is 8. The Morgan fingerprint density at radius 3 is 2.38 bits per heavy atom. The van der Waals surface area contributed by atoms with Crippen LogP contribution in [0.25, 0.3) is 0 Å².